The summed E-state index contributed by atoms with van der Waals surface area (Å²) in [6.07, 6.45) is 11.0. The van der Waals surface area contributed by atoms with E-state index in [9.17, 15) is 8.78 Å². The molecule has 0 bridgehead atoms. The fourth-order valence-corrected chi connectivity index (χ4v) is 4.45. The van der Waals surface area contributed by atoms with E-state index in [4.69, 9.17) is 0 Å². The van der Waals surface area contributed by atoms with Crippen molar-refractivity contribution in [3.63, 3.8) is 0 Å². The average molecular weight is 504 g/mol. The summed E-state index contributed by atoms with van der Waals surface area (Å²) in [6.45, 7) is 4.33. The van der Waals surface area contributed by atoms with Gasteiger partial charge in [-0.25, -0.2) is 8.78 Å². The van der Waals surface area contributed by atoms with Crippen LogP contribution in [0.1, 0.15) is 63.9 Å². The zero-order chi connectivity index (χ0) is 25.9. The summed E-state index contributed by atoms with van der Waals surface area (Å²) in [6, 6.07) is 18.0. The van der Waals surface area contributed by atoms with Crippen molar-refractivity contribution in [2.24, 2.45) is 20.5 Å². The van der Waals surface area contributed by atoms with Crippen molar-refractivity contribution < 1.29 is 8.78 Å². The average Bonchev–Trinajstić information content (AvgIpc) is 3.47. The molecule has 1 aliphatic heterocycles. The number of benzene rings is 3. The van der Waals surface area contributed by atoms with Crippen molar-refractivity contribution in [3.05, 3.63) is 77.9 Å². The van der Waals surface area contributed by atoms with Crippen LogP contribution in [0.3, 0.4) is 0 Å². The van der Waals surface area contributed by atoms with Crippen LogP contribution in [-0.4, -0.2) is 13.1 Å². The van der Waals surface area contributed by atoms with Crippen molar-refractivity contribution in [3.8, 4) is 0 Å². The van der Waals surface area contributed by atoms with Gasteiger partial charge in [0.15, 0.2) is 11.6 Å². The van der Waals surface area contributed by atoms with E-state index in [2.05, 4.69) is 32.3 Å². The van der Waals surface area contributed by atoms with Gasteiger partial charge in [-0.15, -0.1) is 10.2 Å². The fraction of sp³-hybridized carbons (Fsp3) is 0.400. The predicted molar refractivity (Wildman–Crippen MR) is 146 cm³/mol. The molecule has 1 fully saturated rings. The molecule has 5 nitrogen and oxygen atoms in total. The summed E-state index contributed by atoms with van der Waals surface area (Å²) in [7, 11) is 0. The molecule has 1 aliphatic rings. The first-order chi connectivity index (χ1) is 18.1. The van der Waals surface area contributed by atoms with Crippen LogP contribution in [0.15, 0.2) is 81.1 Å². The van der Waals surface area contributed by atoms with Gasteiger partial charge in [0.05, 0.1) is 11.4 Å². The second-order valence-electron chi connectivity index (χ2n) is 9.53. The number of aryl methyl sites for hydroxylation is 1. The van der Waals surface area contributed by atoms with Crippen molar-refractivity contribution >= 4 is 28.4 Å². The highest BCUT2D eigenvalue weighted by atomic mass is 19.2. The van der Waals surface area contributed by atoms with Gasteiger partial charge in [-0.05, 0) is 79.8 Å². The number of halogens is 2. The van der Waals surface area contributed by atoms with Gasteiger partial charge in [0, 0.05) is 18.8 Å². The molecule has 0 saturated carbocycles. The number of anilines is 1. The van der Waals surface area contributed by atoms with Crippen LogP contribution in [0.5, 0.6) is 0 Å². The van der Waals surface area contributed by atoms with Gasteiger partial charge < -0.3 is 4.90 Å². The Morgan fingerprint density at radius 2 is 1.14 bits per heavy atom. The number of rotatable bonds is 12. The third kappa shape index (κ3) is 7.75. The van der Waals surface area contributed by atoms with E-state index in [0.29, 0.717) is 11.4 Å². The molecule has 4 rings (SSSR count). The summed E-state index contributed by atoms with van der Waals surface area (Å²) < 4.78 is 29.2. The van der Waals surface area contributed by atoms with Crippen molar-refractivity contribution in [1.29, 1.82) is 0 Å². The molecule has 0 aromatic heterocycles. The SMILES string of the molecule is CCCCCCCCc1ccc(/N=N/c2ccc(/N=N/c3ccc(N4CCCC4)cc3)c(F)c2F)cc1. The van der Waals surface area contributed by atoms with Crippen LogP contribution in [0.25, 0.3) is 0 Å². The number of azo groups is 2. The second kappa shape index (κ2) is 13.7. The molecule has 37 heavy (non-hydrogen) atoms. The maximum atomic E-state index is 14.6. The van der Waals surface area contributed by atoms with Gasteiger partial charge >= 0.3 is 0 Å². The number of hydrogen-bond acceptors (Lipinski definition) is 5. The zero-order valence-electron chi connectivity index (χ0n) is 21.5. The van der Waals surface area contributed by atoms with Crippen LogP contribution >= 0.6 is 0 Å². The lowest BCUT2D eigenvalue weighted by Gasteiger charge is -2.17. The molecule has 0 amide bonds. The van der Waals surface area contributed by atoms with Gasteiger partial charge in [0.2, 0.25) is 0 Å². The second-order valence-corrected chi connectivity index (χ2v) is 9.53. The first kappa shape index (κ1) is 26.6. The van der Waals surface area contributed by atoms with Gasteiger partial charge in [-0.1, -0.05) is 51.2 Å². The van der Waals surface area contributed by atoms with Crippen molar-refractivity contribution in [2.75, 3.05) is 18.0 Å². The molecule has 0 unspecified atom stereocenters. The van der Waals surface area contributed by atoms with Crippen LogP contribution in [0.2, 0.25) is 0 Å². The van der Waals surface area contributed by atoms with Crippen molar-refractivity contribution in [2.45, 2.75) is 64.7 Å². The Morgan fingerprint density at radius 1 is 0.622 bits per heavy atom. The maximum Gasteiger partial charge on any atom is 0.188 e. The zero-order valence-corrected chi connectivity index (χ0v) is 21.5. The molecule has 1 saturated heterocycles. The van der Waals surface area contributed by atoms with E-state index in [1.54, 1.807) is 0 Å². The lowest BCUT2D eigenvalue weighted by Crippen LogP contribution is -2.17. The van der Waals surface area contributed by atoms with Gasteiger partial charge in [0.1, 0.15) is 11.4 Å². The van der Waals surface area contributed by atoms with Crippen LogP contribution < -0.4 is 4.90 Å². The van der Waals surface area contributed by atoms with Crippen LogP contribution in [0.4, 0.5) is 37.2 Å². The van der Waals surface area contributed by atoms with Gasteiger partial charge in [-0.3, -0.25) is 0 Å². The van der Waals surface area contributed by atoms with E-state index in [1.807, 2.05) is 48.5 Å². The minimum Gasteiger partial charge on any atom is -0.372 e. The molecule has 0 N–H and O–H groups in total. The van der Waals surface area contributed by atoms with E-state index < -0.39 is 11.6 Å². The fourth-order valence-electron chi connectivity index (χ4n) is 4.45. The lowest BCUT2D eigenvalue weighted by atomic mass is 10.0. The molecule has 3 aromatic carbocycles. The smallest absolute Gasteiger partial charge is 0.188 e. The maximum absolute atomic E-state index is 14.6. The highest BCUT2D eigenvalue weighted by Crippen LogP contribution is 2.31. The summed E-state index contributed by atoms with van der Waals surface area (Å²) >= 11 is 0. The Bertz CT molecular complexity index is 1180. The third-order valence-electron chi connectivity index (χ3n) is 6.66. The monoisotopic (exact) mass is 503 g/mol. The number of nitrogens with zero attached hydrogens (tertiary/aromatic N) is 5. The first-order valence-corrected chi connectivity index (χ1v) is 13.4. The predicted octanol–water partition coefficient (Wildman–Crippen LogP) is 10.3. The molecule has 0 radical (unpaired) electrons. The molecular weight excluding hydrogens is 468 g/mol. The summed E-state index contributed by atoms with van der Waals surface area (Å²) in [5, 5.41) is 15.9. The van der Waals surface area contributed by atoms with Gasteiger partial charge in [-0.2, -0.15) is 10.2 Å². The van der Waals surface area contributed by atoms with E-state index >= 15 is 0 Å². The molecular formula is C30H35F2N5. The summed E-state index contributed by atoms with van der Waals surface area (Å²) in [4.78, 5) is 2.31. The molecule has 194 valence electrons. The molecule has 0 aliphatic carbocycles. The Kier molecular flexibility index (Phi) is 9.86. The van der Waals surface area contributed by atoms with E-state index in [-0.39, 0.29) is 11.4 Å². The Morgan fingerprint density at radius 3 is 1.70 bits per heavy atom. The topological polar surface area (TPSA) is 52.7 Å². The highest BCUT2D eigenvalue weighted by Gasteiger charge is 2.14. The van der Waals surface area contributed by atoms with E-state index in [0.717, 1.165) is 25.2 Å². The quantitative estimate of drug-likeness (QED) is 0.179. The minimum atomic E-state index is -1.09. The van der Waals surface area contributed by atoms with Crippen molar-refractivity contribution in [1.82, 2.24) is 0 Å². The lowest BCUT2D eigenvalue weighted by molar-refractivity contribution is 0.511. The third-order valence-corrected chi connectivity index (χ3v) is 6.66. The molecule has 3 aromatic rings. The summed E-state index contributed by atoms with van der Waals surface area (Å²) in [5.41, 5.74) is 3.18. The standard InChI is InChI=1S/C30H35F2N5/c1-2-3-4-5-6-7-10-23-11-13-24(14-12-23)33-35-27-19-20-28(30(32)29(27)31)36-34-25-15-17-26(18-16-25)37-21-8-9-22-37/h11-20H,2-10,21-22H2,1H3/b35-33+,36-34+. The summed E-state index contributed by atoms with van der Waals surface area (Å²) in [5.74, 6) is -2.19. The number of unbranched alkanes of at least 4 members (excludes halogenated alkanes) is 5. The minimum absolute atomic E-state index is 0.178. The molecule has 7 heteroatoms. The number of hydrogen-bond donors (Lipinski definition) is 0. The molecule has 0 spiro atoms. The Hall–Kier alpha value is -3.48. The van der Waals surface area contributed by atoms with Gasteiger partial charge in [0.25, 0.3) is 0 Å². The Balaban J connectivity index is 1.32. The first-order valence-electron chi connectivity index (χ1n) is 13.4. The van der Waals surface area contributed by atoms with Crippen LogP contribution in [0, 0.1) is 11.6 Å². The molecule has 1 heterocycles. The highest BCUT2D eigenvalue weighted by molar-refractivity contribution is 5.54. The van der Waals surface area contributed by atoms with Crippen LogP contribution in [-0.2, 0) is 6.42 Å². The normalized spacial score (nSPS) is 13.9. The van der Waals surface area contributed by atoms with E-state index in [1.165, 1.54) is 69.1 Å². The largest absolute Gasteiger partial charge is 0.372 e. The molecule has 0 atom stereocenters. The Labute approximate surface area is 218 Å².